The molecule has 0 radical (unpaired) electrons. The average molecular weight is 230 g/mol. The van der Waals surface area contributed by atoms with Gasteiger partial charge in [-0.3, -0.25) is 4.79 Å². The number of aromatic nitrogens is 4. The number of H-pyrrole nitrogens is 1. The maximum Gasteiger partial charge on any atom is 0.299 e. The van der Waals surface area contributed by atoms with Crippen LogP contribution in [-0.2, 0) is 6.42 Å². The van der Waals surface area contributed by atoms with Crippen molar-refractivity contribution < 1.29 is 4.79 Å². The number of nitrogens with zero attached hydrogens (tertiary/aromatic N) is 4. The van der Waals surface area contributed by atoms with Gasteiger partial charge in [-0.15, -0.1) is 10.2 Å². The lowest BCUT2D eigenvalue weighted by Gasteiger charge is -2.16. The van der Waals surface area contributed by atoms with Crippen LogP contribution in [0.25, 0.3) is 0 Å². The zero-order valence-corrected chi connectivity index (χ0v) is 8.92. The first-order chi connectivity index (χ1) is 8.27. The number of hydrogen-bond acceptors (Lipinski definition) is 5. The molecule has 0 atom stereocenters. The minimum Gasteiger partial charge on any atom is -0.397 e. The van der Waals surface area contributed by atoms with E-state index in [1.807, 2.05) is 12.1 Å². The van der Waals surface area contributed by atoms with Gasteiger partial charge in [-0.05, 0) is 23.3 Å². The Morgan fingerprint density at radius 2 is 2.35 bits per heavy atom. The molecule has 0 saturated carbocycles. The number of hydrogen-bond donors (Lipinski definition) is 2. The SMILES string of the molecule is Nc1cccc2c1N(C(=O)c1nn[nH]n1)CC2. The van der Waals surface area contributed by atoms with Crippen LogP contribution in [0.1, 0.15) is 16.2 Å². The fourth-order valence-corrected chi connectivity index (χ4v) is 2.06. The highest BCUT2D eigenvalue weighted by molar-refractivity contribution is 6.06. The summed E-state index contributed by atoms with van der Waals surface area (Å²) in [5.41, 5.74) is 8.33. The Morgan fingerprint density at radius 3 is 3.12 bits per heavy atom. The van der Waals surface area contributed by atoms with E-state index in [0.717, 1.165) is 17.7 Å². The summed E-state index contributed by atoms with van der Waals surface area (Å²) in [6.07, 6.45) is 0.796. The van der Waals surface area contributed by atoms with E-state index in [1.165, 1.54) is 0 Å². The second-order valence-corrected chi connectivity index (χ2v) is 3.80. The Kier molecular flexibility index (Phi) is 2.04. The van der Waals surface area contributed by atoms with Gasteiger partial charge in [-0.2, -0.15) is 5.21 Å². The maximum absolute atomic E-state index is 12.1. The number of carbonyl (C=O) groups is 1. The molecule has 0 spiro atoms. The number of aromatic amines is 1. The van der Waals surface area contributed by atoms with E-state index in [1.54, 1.807) is 11.0 Å². The van der Waals surface area contributed by atoms with Crippen molar-refractivity contribution >= 4 is 17.3 Å². The zero-order chi connectivity index (χ0) is 11.8. The normalized spacial score (nSPS) is 13.8. The molecular formula is C10H10N6O. The maximum atomic E-state index is 12.1. The molecule has 1 aromatic carbocycles. The van der Waals surface area contributed by atoms with E-state index < -0.39 is 0 Å². The van der Waals surface area contributed by atoms with Crippen LogP contribution in [0.2, 0.25) is 0 Å². The van der Waals surface area contributed by atoms with Gasteiger partial charge in [0, 0.05) is 6.54 Å². The van der Waals surface area contributed by atoms with Crippen molar-refractivity contribution in [3.8, 4) is 0 Å². The van der Waals surface area contributed by atoms with Gasteiger partial charge < -0.3 is 10.6 Å². The summed E-state index contributed by atoms with van der Waals surface area (Å²) in [5, 5.41) is 13.0. The average Bonchev–Trinajstić information content (AvgIpc) is 2.98. The molecule has 7 heteroatoms. The van der Waals surface area contributed by atoms with Gasteiger partial charge in [-0.1, -0.05) is 12.1 Å². The summed E-state index contributed by atoms with van der Waals surface area (Å²) in [5.74, 6) is -0.225. The third-order valence-electron chi connectivity index (χ3n) is 2.81. The highest BCUT2D eigenvalue weighted by Crippen LogP contribution is 2.34. The lowest BCUT2D eigenvalue weighted by molar-refractivity contribution is 0.0979. The quantitative estimate of drug-likeness (QED) is 0.671. The van der Waals surface area contributed by atoms with Crippen LogP contribution in [0, 0.1) is 0 Å². The molecule has 1 aromatic heterocycles. The summed E-state index contributed by atoms with van der Waals surface area (Å²) >= 11 is 0. The van der Waals surface area contributed by atoms with E-state index in [0.29, 0.717) is 12.2 Å². The molecule has 2 aromatic rings. The third-order valence-corrected chi connectivity index (χ3v) is 2.81. The molecule has 0 fully saturated rings. The van der Waals surface area contributed by atoms with Gasteiger partial charge in [0.2, 0.25) is 0 Å². The molecule has 86 valence electrons. The fraction of sp³-hybridized carbons (Fsp3) is 0.200. The van der Waals surface area contributed by atoms with Crippen LogP contribution in [-0.4, -0.2) is 33.1 Å². The number of anilines is 2. The van der Waals surface area contributed by atoms with Crippen molar-refractivity contribution in [3.05, 3.63) is 29.6 Å². The number of tetrazole rings is 1. The number of nitrogens with one attached hydrogen (secondary N) is 1. The van der Waals surface area contributed by atoms with E-state index in [-0.39, 0.29) is 11.7 Å². The summed E-state index contributed by atoms with van der Waals surface area (Å²) in [7, 11) is 0. The predicted octanol–water partition coefficient (Wildman–Crippen LogP) is -0.0152. The Bertz CT molecular complexity index is 564. The molecule has 0 bridgehead atoms. The highest BCUT2D eigenvalue weighted by atomic mass is 16.2. The van der Waals surface area contributed by atoms with Crippen LogP contribution >= 0.6 is 0 Å². The van der Waals surface area contributed by atoms with Gasteiger partial charge in [0.25, 0.3) is 11.7 Å². The minimum absolute atomic E-state index is 0.0566. The second kappa shape index (κ2) is 3.55. The monoisotopic (exact) mass is 230 g/mol. The molecule has 17 heavy (non-hydrogen) atoms. The minimum atomic E-state index is -0.282. The molecule has 1 aliphatic rings. The number of benzene rings is 1. The molecule has 3 N–H and O–H groups in total. The molecular weight excluding hydrogens is 220 g/mol. The first kappa shape index (κ1) is 9.76. The number of fused-ring (bicyclic) bond motifs is 1. The number of carbonyl (C=O) groups excluding carboxylic acids is 1. The van der Waals surface area contributed by atoms with Crippen molar-refractivity contribution in [3.63, 3.8) is 0 Å². The number of para-hydroxylation sites is 1. The lowest BCUT2D eigenvalue weighted by Crippen LogP contribution is -2.30. The summed E-state index contributed by atoms with van der Waals surface area (Å²) in [4.78, 5) is 13.7. The van der Waals surface area contributed by atoms with Crippen LogP contribution in [0.5, 0.6) is 0 Å². The Balaban J connectivity index is 2.02. The molecule has 1 amide bonds. The molecule has 3 rings (SSSR count). The second-order valence-electron chi connectivity index (χ2n) is 3.80. The molecule has 7 nitrogen and oxygen atoms in total. The van der Waals surface area contributed by atoms with Crippen molar-refractivity contribution in [1.29, 1.82) is 0 Å². The van der Waals surface area contributed by atoms with Crippen molar-refractivity contribution in [1.82, 2.24) is 20.6 Å². The van der Waals surface area contributed by atoms with Crippen molar-refractivity contribution in [2.45, 2.75) is 6.42 Å². The Hall–Kier alpha value is -2.44. The van der Waals surface area contributed by atoms with Gasteiger partial charge in [0.1, 0.15) is 0 Å². The molecule has 1 aliphatic heterocycles. The lowest BCUT2D eigenvalue weighted by atomic mass is 10.1. The van der Waals surface area contributed by atoms with Crippen LogP contribution in [0.15, 0.2) is 18.2 Å². The highest BCUT2D eigenvalue weighted by Gasteiger charge is 2.29. The molecule has 2 heterocycles. The molecule has 0 unspecified atom stereocenters. The van der Waals surface area contributed by atoms with Crippen LogP contribution in [0.3, 0.4) is 0 Å². The standard InChI is InChI=1S/C10H10N6O/c11-7-3-1-2-6-4-5-16(8(6)7)10(17)9-12-14-15-13-9/h1-3H,4-5,11H2,(H,12,13,14,15). The topological polar surface area (TPSA) is 101 Å². The Morgan fingerprint density at radius 1 is 1.47 bits per heavy atom. The van der Waals surface area contributed by atoms with Crippen molar-refractivity contribution in [2.24, 2.45) is 0 Å². The van der Waals surface area contributed by atoms with Gasteiger partial charge in [-0.25, -0.2) is 0 Å². The van der Waals surface area contributed by atoms with E-state index in [9.17, 15) is 4.79 Å². The first-order valence-corrected chi connectivity index (χ1v) is 5.20. The van der Waals surface area contributed by atoms with Crippen LogP contribution < -0.4 is 10.6 Å². The summed E-state index contributed by atoms with van der Waals surface area (Å²) in [6.45, 7) is 0.594. The zero-order valence-electron chi connectivity index (χ0n) is 8.92. The number of nitrogen functional groups attached to an aromatic ring is 1. The Labute approximate surface area is 96.6 Å². The van der Waals surface area contributed by atoms with Gasteiger partial charge in [0.15, 0.2) is 0 Å². The first-order valence-electron chi connectivity index (χ1n) is 5.20. The molecule has 0 aliphatic carbocycles. The largest absolute Gasteiger partial charge is 0.397 e. The smallest absolute Gasteiger partial charge is 0.299 e. The van der Waals surface area contributed by atoms with Gasteiger partial charge >= 0.3 is 0 Å². The van der Waals surface area contributed by atoms with Gasteiger partial charge in [0.05, 0.1) is 11.4 Å². The number of rotatable bonds is 1. The fourth-order valence-electron chi connectivity index (χ4n) is 2.06. The van der Waals surface area contributed by atoms with E-state index in [4.69, 9.17) is 5.73 Å². The van der Waals surface area contributed by atoms with Crippen molar-refractivity contribution in [2.75, 3.05) is 17.2 Å². The summed E-state index contributed by atoms with van der Waals surface area (Å²) in [6, 6.07) is 5.63. The number of nitrogens with two attached hydrogens (primary N) is 1. The predicted molar refractivity (Wildman–Crippen MR) is 60.4 cm³/mol. The van der Waals surface area contributed by atoms with E-state index >= 15 is 0 Å². The molecule has 0 saturated heterocycles. The summed E-state index contributed by atoms with van der Waals surface area (Å²) < 4.78 is 0. The third kappa shape index (κ3) is 1.43. The number of amides is 1. The van der Waals surface area contributed by atoms with Crippen LogP contribution in [0.4, 0.5) is 11.4 Å². The van der Waals surface area contributed by atoms with E-state index in [2.05, 4.69) is 20.6 Å².